The number of hydrogen-bond donors (Lipinski definition) is 0. The average molecular weight is 233 g/mol. The zero-order chi connectivity index (χ0) is 12.9. The Bertz CT molecular complexity index is 367. The van der Waals surface area contributed by atoms with E-state index in [0.29, 0.717) is 0 Å². The number of ether oxygens (including phenoxy) is 1. The molecule has 1 rings (SSSR count). The summed E-state index contributed by atoms with van der Waals surface area (Å²) in [6.45, 7) is 6.23. The number of rotatable bonds is 5. The molecule has 2 heteroatoms. The van der Waals surface area contributed by atoms with Crippen LogP contribution in [-0.4, -0.2) is 14.1 Å². The van der Waals surface area contributed by atoms with Gasteiger partial charge in [0.05, 0.1) is 6.26 Å². The van der Waals surface area contributed by atoms with E-state index in [2.05, 4.69) is 43.0 Å². The van der Waals surface area contributed by atoms with E-state index in [9.17, 15) is 0 Å². The van der Waals surface area contributed by atoms with Crippen LogP contribution in [0, 0.1) is 0 Å². The minimum Gasteiger partial charge on any atom is -0.491 e. The highest BCUT2D eigenvalue weighted by atomic mass is 16.5. The van der Waals surface area contributed by atoms with Crippen LogP contribution >= 0.6 is 0 Å². The van der Waals surface area contributed by atoms with Gasteiger partial charge in [-0.1, -0.05) is 25.1 Å². The molecule has 0 fully saturated rings. The number of anilines is 1. The molecule has 0 aliphatic heterocycles. The second-order valence-electron chi connectivity index (χ2n) is 4.61. The van der Waals surface area contributed by atoms with Crippen LogP contribution in [0.25, 0.3) is 0 Å². The number of benzene rings is 1. The molecule has 1 atom stereocenters. The highest BCUT2D eigenvalue weighted by molar-refractivity contribution is 5.46. The van der Waals surface area contributed by atoms with E-state index in [1.165, 1.54) is 11.3 Å². The van der Waals surface area contributed by atoms with Crippen molar-refractivity contribution >= 4 is 5.69 Å². The topological polar surface area (TPSA) is 12.5 Å². The van der Waals surface area contributed by atoms with Crippen molar-refractivity contribution in [3.8, 4) is 0 Å². The van der Waals surface area contributed by atoms with Crippen LogP contribution in [0.2, 0.25) is 0 Å². The summed E-state index contributed by atoms with van der Waals surface area (Å²) >= 11 is 0. The van der Waals surface area contributed by atoms with Gasteiger partial charge in [0.2, 0.25) is 0 Å². The maximum Gasteiger partial charge on any atom is 0.130 e. The van der Waals surface area contributed by atoms with Gasteiger partial charge >= 0.3 is 0 Å². The molecular weight excluding hydrogens is 210 g/mol. The predicted molar refractivity (Wildman–Crippen MR) is 74.3 cm³/mol. The van der Waals surface area contributed by atoms with Gasteiger partial charge in [-0.05, 0) is 38.0 Å². The summed E-state index contributed by atoms with van der Waals surface area (Å²) in [5, 5.41) is 0. The fraction of sp³-hybridized carbons (Fsp3) is 0.467. The molecule has 0 heterocycles. The smallest absolute Gasteiger partial charge is 0.130 e. The van der Waals surface area contributed by atoms with E-state index in [-0.39, 0.29) is 5.60 Å². The van der Waals surface area contributed by atoms with Gasteiger partial charge in [0, 0.05) is 19.8 Å². The molecule has 2 nitrogen and oxygen atoms in total. The molecule has 1 aromatic rings. The fourth-order valence-corrected chi connectivity index (χ4v) is 1.69. The third kappa shape index (κ3) is 3.26. The first kappa shape index (κ1) is 13.6. The molecule has 0 N–H and O–H groups in total. The Hall–Kier alpha value is -1.44. The Kier molecular flexibility index (Phi) is 4.62. The molecule has 0 amide bonds. The van der Waals surface area contributed by atoms with Crippen LogP contribution in [0.15, 0.2) is 36.6 Å². The summed E-state index contributed by atoms with van der Waals surface area (Å²) in [5.74, 6) is 0. The second-order valence-corrected chi connectivity index (χ2v) is 4.61. The largest absolute Gasteiger partial charge is 0.491 e. The van der Waals surface area contributed by atoms with E-state index < -0.39 is 0 Å². The van der Waals surface area contributed by atoms with Gasteiger partial charge in [0.15, 0.2) is 0 Å². The van der Waals surface area contributed by atoms with Crippen molar-refractivity contribution in [2.45, 2.75) is 32.8 Å². The lowest BCUT2D eigenvalue weighted by molar-refractivity contribution is 0.0321. The summed E-state index contributed by atoms with van der Waals surface area (Å²) in [5.41, 5.74) is 2.18. The minimum atomic E-state index is -0.239. The van der Waals surface area contributed by atoms with Gasteiger partial charge in [0.25, 0.3) is 0 Å². The second kappa shape index (κ2) is 5.76. The Morgan fingerprint density at radius 1 is 1.24 bits per heavy atom. The molecule has 94 valence electrons. The van der Waals surface area contributed by atoms with E-state index >= 15 is 0 Å². The Balaban J connectivity index is 2.96. The first-order valence-corrected chi connectivity index (χ1v) is 6.10. The van der Waals surface area contributed by atoms with Crippen LogP contribution < -0.4 is 4.90 Å². The maximum atomic E-state index is 5.82. The van der Waals surface area contributed by atoms with Crippen LogP contribution in [0.5, 0.6) is 0 Å². The van der Waals surface area contributed by atoms with Crippen molar-refractivity contribution in [2.75, 3.05) is 19.0 Å². The third-order valence-corrected chi connectivity index (χ3v) is 3.13. The normalized spacial score (nSPS) is 14.6. The highest BCUT2D eigenvalue weighted by Crippen LogP contribution is 2.30. The molecular formula is C15H23NO. The Morgan fingerprint density at radius 3 is 2.24 bits per heavy atom. The standard InChI is InChI=1S/C15H23NO/c1-6-12-17-15(3,7-2)13-8-10-14(11-9-13)16(4)5/h6,8-12H,7H2,1-5H3/b12-6-. The van der Waals surface area contributed by atoms with Crippen molar-refractivity contribution in [3.63, 3.8) is 0 Å². The molecule has 1 unspecified atom stereocenters. The van der Waals surface area contributed by atoms with Crippen molar-refractivity contribution in [3.05, 3.63) is 42.2 Å². The van der Waals surface area contributed by atoms with E-state index in [1.807, 2.05) is 27.1 Å². The average Bonchev–Trinajstić information content (AvgIpc) is 2.36. The summed E-state index contributed by atoms with van der Waals surface area (Å²) in [6.07, 6.45) is 4.63. The van der Waals surface area contributed by atoms with Gasteiger partial charge in [-0.3, -0.25) is 0 Å². The molecule has 1 aromatic carbocycles. The predicted octanol–water partition coefficient (Wildman–Crippen LogP) is 3.93. The maximum absolute atomic E-state index is 5.82. The first-order valence-electron chi connectivity index (χ1n) is 6.10. The summed E-state index contributed by atoms with van der Waals surface area (Å²) in [6, 6.07) is 8.54. The summed E-state index contributed by atoms with van der Waals surface area (Å²) in [4.78, 5) is 2.10. The third-order valence-electron chi connectivity index (χ3n) is 3.13. The SMILES string of the molecule is C/C=C\OC(C)(CC)c1ccc(N(C)C)cc1. The zero-order valence-electron chi connectivity index (χ0n) is 11.5. The van der Waals surface area contributed by atoms with Crippen molar-refractivity contribution < 1.29 is 4.74 Å². The summed E-state index contributed by atoms with van der Waals surface area (Å²) < 4.78 is 5.82. The molecule has 0 bridgehead atoms. The molecule has 0 saturated heterocycles. The van der Waals surface area contributed by atoms with Gasteiger partial charge < -0.3 is 9.64 Å². The first-order chi connectivity index (χ1) is 8.03. The highest BCUT2D eigenvalue weighted by Gasteiger charge is 2.24. The molecule has 0 aliphatic carbocycles. The number of nitrogens with zero attached hydrogens (tertiary/aromatic N) is 1. The van der Waals surface area contributed by atoms with Crippen LogP contribution in [0.1, 0.15) is 32.8 Å². The molecule has 0 radical (unpaired) electrons. The summed E-state index contributed by atoms with van der Waals surface area (Å²) in [7, 11) is 4.09. The molecule has 0 saturated carbocycles. The lowest BCUT2D eigenvalue weighted by atomic mass is 9.93. The zero-order valence-corrected chi connectivity index (χ0v) is 11.5. The van der Waals surface area contributed by atoms with E-state index in [4.69, 9.17) is 4.74 Å². The Labute approximate surface area is 105 Å². The van der Waals surface area contributed by atoms with Gasteiger partial charge in [-0.2, -0.15) is 0 Å². The molecule has 0 aromatic heterocycles. The van der Waals surface area contributed by atoms with Crippen LogP contribution in [0.3, 0.4) is 0 Å². The fourth-order valence-electron chi connectivity index (χ4n) is 1.69. The Morgan fingerprint density at radius 2 is 1.82 bits per heavy atom. The van der Waals surface area contributed by atoms with Gasteiger partial charge in [-0.15, -0.1) is 0 Å². The van der Waals surface area contributed by atoms with Gasteiger partial charge in [0.1, 0.15) is 5.60 Å². The van der Waals surface area contributed by atoms with Crippen molar-refractivity contribution in [1.29, 1.82) is 0 Å². The van der Waals surface area contributed by atoms with Crippen molar-refractivity contribution in [2.24, 2.45) is 0 Å². The monoisotopic (exact) mass is 233 g/mol. The number of hydrogen-bond acceptors (Lipinski definition) is 2. The van der Waals surface area contributed by atoms with Crippen LogP contribution in [0.4, 0.5) is 5.69 Å². The van der Waals surface area contributed by atoms with E-state index in [0.717, 1.165) is 6.42 Å². The van der Waals surface area contributed by atoms with Crippen LogP contribution in [-0.2, 0) is 10.3 Å². The molecule has 0 aliphatic rings. The quantitative estimate of drug-likeness (QED) is 0.714. The van der Waals surface area contributed by atoms with Crippen molar-refractivity contribution in [1.82, 2.24) is 0 Å². The molecule has 0 spiro atoms. The number of allylic oxidation sites excluding steroid dienone is 1. The lowest BCUT2D eigenvalue weighted by Crippen LogP contribution is -2.22. The van der Waals surface area contributed by atoms with E-state index in [1.54, 1.807) is 6.26 Å². The lowest BCUT2D eigenvalue weighted by Gasteiger charge is -2.28. The minimum absolute atomic E-state index is 0.239. The van der Waals surface area contributed by atoms with Gasteiger partial charge in [-0.25, -0.2) is 0 Å². The molecule has 17 heavy (non-hydrogen) atoms.